The molecule has 1 atom stereocenters. The van der Waals surface area contributed by atoms with Gasteiger partial charge in [-0.2, -0.15) is 0 Å². The van der Waals surface area contributed by atoms with E-state index in [2.05, 4.69) is 22.2 Å². The molecule has 1 N–H and O–H groups in total. The summed E-state index contributed by atoms with van der Waals surface area (Å²) in [7, 11) is 0. The summed E-state index contributed by atoms with van der Waals surface area (Å²) in [5, 5.41) is 18.9. The van der Waals surface area contributed by atoms with Gasteiger partial charge in [-0.05, 0) is 42.3 Å². The van der Waals surface area contributed by atoms with Crippen molar-refractivity contribution in [3.8, 4) is 29.1 Å². The molecule has 34 heavy (non-hydrogen) atoms. The topological polar surface area (TPSA) is 78.6 Å². The number of hydrogen-bond donors (Lipinski definition) is 1. The molecule has 7 nitrogen and oxygen atoms in total. The fraction of sp³-hybridized carbons (Fsp3) is 0.185. The molecular weight excluding hydrogens is 430 g/mol. The second-order valence-corrected chi connectivity index (χ2v) is 7.35. The molecule has 0 amide bonds. The molecule has 1 heterocycles. The van der Waals surface area contributed by atoms with Gasteiger partial charge in [0.25, 0.3) is 0 Å². The second-order valence-electron chi connectivity index (χ2n) is 7.35. The molecule has 0 radical (unpaired) electrons. The van der Waals surface area contributed by atoms with Crippen LogP contribution < -0.4 is 14.2 Å². The lowest BCUT2D eigenvalue weighted by atomic mass is 10.3. The molecule has 0 aliphatic carbocycles. The van der Waals surface area contributed by atoms with Crippen LogP contribution >= 0.6 is 0 Å². The monoisotopic (exact) mass is 455 g/mol. The van der Waals surface area contributed by atoms with Crippen molar-refractivity contribution >= 4 is 0 Å². The number of ether oxygens (including phenoxy) is 3. The van der Waals surface area contributed by atoms with E-state index >= 15 is 0 Å². The van der Waals surface area contributed by atoms with Crippen LogP contribution in [-0.4, -0.2) is 39.4 Å². The largest absolute Gasteiger partial charge is 0.491 e. The molecule has 0 aliphatic rings. The molecule has 1 unspecified atom stereocenters. The highest BCUT2D eigenvalue weighted by Gasteiger charge is 2.16. The molecule has 0 aliphatic heterocycles. The molecule has 0 saturated heterocycles. The molecule has 4 aromatic rings. The minimum absolute atomic E-state index is 0.115. The van der Waals surface area contributed by atoms with E-state index in [4.69, 9.17) is 14.2 Å². The first kappa shape index (κ1) is 22.9. The quantitative estimate of drug-likeness (QED) is 0.367. The number of hydrogen-bond acceptors (Lipinski definition) is 6. The van der Waals surface area contributed by atoms with Crippen molar-refractivity contribution < 1.29 is 19.3 Å². The Labute approximate surface area is 198 Å². The summed E-state index contributed by atoms with van der Waals surface area (Å²) in [6.07, 6.45) is -0.800. The Bertz CT molecular complexity index is 1200. The molecule has 0 saturated carbocycles. The molecule has 7 heteroatoms. The van der Waals surface area contributed by atoms with Crippen LogP contribution in [0.2, 0.25) is 0 Å². The number of benzene rings is 3. The van der Waals surface area contributed by atoms with E-state index < -0.39 is 6.10 Å². The van der Waals surface area contributed by atoms with Crippen LogP contribution in [0.15, 0.2) is 91.0 Å². The lowest BCUT2D eigenvalue weighted by molar-refractivity contribution is 0.0886. The van der Waals surface area contributed by atoms with Gasteiger partial charge in [-0.15, -0.1) is 5.10 Å². The van der Waals surface area contributed by atoms with Gasteiger partial charge in [0.2, 0.25) is 0 Å². The Hall–Kier alpha value is -4.28. The summed E-state index contributed by atoms with van der Waals surface area (Å²) in [6, 6.07) is 28.3. The summed E-state index contributed by atoms with van der Waals surface area (Å²) in [6.45, 7) is 0.691. The van der Waals surface area contributed by atoms with Gasteiger partial charge >= 0.3 is 0 Å². The van der Waals surface area contributed by atoms with E-state index in [1.54, 1.807) is 4.68 Å². The van der Waals surface area contributed by atoms with Gasteiger partial charge in [0.1, 0.15) is 54.6 Å². The van der Waals surface area contributed by atoms with Gasteiger partial charge in [-0.25, -0.2) is 4.68 Å². The number of rotatable bonds is 10. The minimum Gasteiger partial charge on any atom is -0.491 e. The average molecular weight is 456 g/mol. The van der Waals surface area contributed by atoms with E-state index in [9.17, 15) is 5.11 Å². The minimum atomic E-state index is -0.800. The third-order valence-electron chi connectivity index (χ3n) is 4.75. The van der Waals surface area contributed by atoms with Gasteiger partial charge in [-0.1, -0.05) is 65.7 Å². The smallest absolute Gasteiger partial charge is 0.149 e. The fourth-order valence-electron chi connectivity index (χ4n) is 3.10. The highest BCUT2D eigenvalue weighted by molar-refractivity contribution is 5.33. The van der Waals surface area contributed by atoms with Crippen molar-refractivity contribution in [3.05, 3.63) is 102 Å². The molecule has 0 bridgehead atoms. The first-order valence-corrected chi connectivity index (χ1v) is 10.9. The van der Waals surface area contributed by atoms with Crippen molar-refractivity contribution in [2.75, 3.05) is 13.2 Å². The Balaban J connectivity index is 1.43. The van der Waals surface area contributed by atoms with Crippen molar-refractivity contribution in [2.24, 2.45) is 0 Å². The Kier molecular flexibility index (Phi) is 8.14. The maximum absolute atomic E-state index is 10.5. The van der Waals surface area contributed by atoms with Crippen LogP contribution in [0.1, 0.15) is 11.4 Å². The van der Waals surface area contributed by atoms with E-state index in [0.717, 1.165) is 11.5 Å². The summed E-state index contributed by atoms with van der Waals surface area (Å²) in [5.41, 5.74) is 1.14. The summed E-state index contributed by atoms with van der Waals surface area (Å²) >= 11 is 0. The predicted octanol–water partition coefficient (Wildman–Crippen LogP) is 3.73. The van der Waals surface area contributed by atoms with Crippen molar-refractivity contribution in [3.63, 3.8) is 0 Å². The molecule has 0 fully saturated rings. The highest BCUT2D eigenvalue weighted by atomic mass is 16.5. The van der Waals surface area contributed by atoms with Gasteiger partial charge in [0.05, 0.1) is 6.54 Å². The second kappa shape index (κ2) is 12.1. The van der Waals surface area contributed by atoms with Gasteiger partial charge in [-0.3, -0.25) is 0 Å². The van der Waals surface area contributed by atoms with Crippen molar-refractivity contribution in [2.45, 2.75) is 19.3 Å². The first-order valence-electron chi connectivity index (χ1n) is 10.9. The highest BCUT2D eigenvalue weighted by Crippen LogP contribution is 2.14. The summed E-state index contributed by atoms with van der Waals surface area (Å²) < 4.78 is 18.7. The van der Waals surface area contributed by atoms with Crippen LogP contribution in [0.5, 0.6) is 17.2 Å². The molecule has 0 spiro atoms. The Morgan fingerprint density at radius 1 is 0.765 bits per heavy atom. The number of para-hydroxylation sites is 3. The molecule has 1 aromatic heterocycles. The molecule has 4 rings (SSSR count). The molecule has 172 valence electrons. The predicted molar refractivity (Wildman–Crippen MR) is 128 cm³/mol. The Morgan fingerprint density at radius 2 is 1.32 bits per heavy atom. The van der Waals surface area contributed by atoms with Crippen molar-refractivity contribution in [1.29, 1.82) is 0 Å². The van der Waals surface area contributed by atoms with Crippen LogP contribution in [-0.2, 0) is 13.2 Å². The third kappa shape index (κ3) is 6.86. The maximum atomic E-state index is 10.5. The van der Waals surface area contributed by atoms with E-state index in [1.165, 1.54) is 0 Å². The van der Waals surface area contributed by atoms with E-state index in [-0.39, 0.29) is 26.4 Å². The van der Waals surface area contributed by atoms with Crippen molar-refractivity contribution in [1.82, 2.24) is 15.0 Å². The van der Waals surface area contributed by atoms with Crippen LogP contribution in [0.4, 0.5) is 0 Å². The number of aliphatic hydroxyl groups is 1. The lowest BCUT2D eigenvalue weighted by Gasteiger charge is -2.13. The van der Waals surface area contributed by atoms with Gasteiger partial charge in [0, 0.05) is 0 Å². The van der Waals surface area contributed by atoms with Gasteiger partial charge < -0.3 is 19.3 Å². The zero-order valence-electron chi connectivity index (χ0n) is 18.6. The zero-order valence-corrected chi connectivity index (χ0v) is 18.6. The molecule has 3 aromatic carbocycles. The van der Waals surface area contributed by atoms with Crippen LogP contribution in [0, 0.1) is 11.8 Å². The third-order valence-corrected chi connectivity index (χ3v) is 4.75. The number of aliphatic hydroxyl groups excluding tert-OH is 1. The number of nitrogens with zero attached hydrogens (tertiary/aromatic N) is 3. The lowest BCUT2D eigenvalue weighted by Crippen LogP contribution is -2.25. The average Bonchev–Trinajstić information content (AvgIpc) is 3.27. The molecular formula is C27H25N3O4. The normalized spacial score (nSPS) is 11.2. The summed E-state index contributed by atoms with van der Waals surface area (Å²) in [4.78, 5) is 0. The Morgan fingerprint density at radius 3 is 1.94 bits per heavy atom. The van der Waals surface area contributed by atoms with Crippen LogP contribution in [0.3, 0.4) is 0 Å². The van der Waals surface area contributed by atoms with Gasteiger partial charge in [0.15, 0.2) is 0 Å². The van der Waals surface area contributed by atoms with Crippen LogP contribution in [0.25, 0.3) is 0 Å². The number of aromatic nitrogens is 3. The maximum Gasteiger partial charge on any atom is 0.149 e. The summed E-state index contributed by atoms with van der Waals surface area (Å²) in [5.74, 6) is 8.24. The first-order chi connectivity index (χ1) is 16.8. The van der Waals surface area contributed by atoms with E-state index in [0.29, 0.717) is 17.1 Å². The zero-order chi connectivity index (χ0) is 23.4. The van der Waals surface area contributed by atoms with E-state index in [1.807, 2.05) is 91.0 Å². The fourth-order valence-corrected chi connectivity index (χ4v) is 3.10. The SMILES string of the molecule is OC(COc1ccccc1)Cn1nnc(COc2ccccc2)c1C#CCOc1ccccc1. The standard InChI is InChI=1S/C27H25N3O4/c31-22(20-33-24-13-6-2-7-14-24)19-30-27(17-10-18-32-23-11-4-1-5-12-23)26(28-29-30)21-34-25-15-8-3-9-16-25/h1-9,11-16,22,31H,18-21H2.